The molecule has 1 aliphatic rings. The molecule has 0 spiro atoms. The van der Waals surface area contributed by atoms with Crippen molar-refractivity contribution in [3.63, 3.8) is 0 Å². The van der Waals surface area contributed by atoms with Crippen molar-refractivity contribution in [2.75, 3.05) is 4.90 Å². The fourth-order valence-electron chi connectivity index (χ4n) is 4.23. The lowest BCUT2D eigenvalue weighted by atomic mass is 10.1. The Hall–Kier alpha value is -3.15. The predicted octanol–water partition coefficient (Wildman–Crippen LogP) is 6.71. The first-order chi connectivity index (χ1) is 15.5. The first-order valence-corrected chi connectivity index (χ1v) is 11.7. The van der Waals surface area contributed by atoms with Crippen LogP contribution in [0.3, 0.4) is 0 Å². The van der Waals surface area contributed by atoms with Crippen LogP contribution in [0.5, 0.6) is 0 Å². The van der Waals surface area contributed by atoms with E-state index in [1.54, 1.807) is 4.90 Å². The summed E-state index contributed by atoms with van der Waals surface area (Å²) in [7, 11) is 0. The van der Waals surface area contributed by atoms with Crippen LogP contribution in [0.25, 0.3) is 17.0 Å². The summed E-state index contributed by atoms with van der Waals surface area (Å²) in [5, 5.41) is 1.14. The lowest BCUT2D eigenvalue weighted by Gasteiger charge is -2.16. The Balaban J connectivity index is 1.59. The number of carbonyl (C=O) groups excluding carboxylic acids is 1. The Morgan fingerprint density at radius 1 is 0.906 bits per heavy atom. The zero-order chi connectivity index (χ0) is 22.2. The quantitative estimate of drug-likeness (QED) is 0.253. The van der Waals surface area contributed by atoms with E-state index in [-0.39, 0.29) is 5.91 Å². The molecule has 32 heavy (non-hydrogen) atoms. The molecule has 2 heterocycles. The van der Waals surface area contributed by atoms with Gasteiger partial charge in [0.1, 0.15) is 0 Å². The third kappa shape index (κ3) is 3.57. The summed E-state index contributed by atoms with van der Waals surface area (Å²) < 4.78 is 2.89. The number of nitrogens with zero attached hydrogens (tertiary/aromatic N) is 2. The highest BCUT2D eigenvalue weighted by Gasteiger charge is 2.34. The van der Waals surface area contributed by atoms with Gasteiger partial charge in [-0.2, -0.15) is 0 Å². The molecule has 0 atom stereocenters. The molecule has 1 amide bonds. The van der Waals surface area contributed by atoms with Crippen molar-refractivity contribution in [1.82, 2.24) is 4.57 Å². The van der Waals surface area contributed by atoms with E-state index in [1.807, 2.05) is 49.4 Å². The third-order valence-corrected chi connectivity index (χ3v) is 7.19. The fourth-order valence-corrected chi connectivity index (χ4v) is 5.50. The summed E-state index contributed by atoms with van der Waals surface area (Å²) in [5.41, 5.74) is 6.49. The van der Waals surface area contributed by atoms with E-state index in [0.29, 0.717) is 9.23 Å². The number of aryl methyl sites for hydroxylation is 1. The van der Waals surface area contributed by atoms with Crippen LogP contribution in [-0.4, -0.2) is 14.8 Å². The number of aromatic nitrogens is 1. The van der Waals surface area contributed by atoms with Crippen molar-refractivity contribution in [3.8, 4) is 0 Å². The molecule has 4 aromatic rings. The highest BCUT2D eigenvalue weighted by atomic mass is 32.2. The first kappa shape index (κ1) is 20.7. The standard InChI is InChI=1S/C27H22N2OS2/c1-18-10-6-8-14-23(18)29-26(30)25(32-27(29)31)16-22-19(2)28(17-20-11-4-3-5-12-20)24-15-9-7-13-21(22)24/h3-16H,17H2,1-2H3/b25-16-. The van der Waals surface area contributed by atoms with Gasteiger partial charge in [0.15, 0.2) is 4.32 Å². The molecular formula is C27H22N2OS2. The largest absolute Gasteiger partial charge is 0.340 e. The average molecular weight is 455 g/mol. The summed E-state index contributed by atoms with van der Waals surface area (Å²) >= 11 is 6.97. The van der Waals surface area contributed by atoms with E-state index < -0.39 is 0 Å². The summed E-state index contributed by atoms with van der Waals surface area (Å²) in [5.74, 6) is -0.0615. The van der Waals surface area contributed by atoms with Gasteiger partial charge in [-0.15, -0.1) is 0 Å². The first-order valence-electron chi connectivity index (χ1n) is 10.5. The topological polar surface area (TPSA) is 25.2 Å². The number of amides is 1. The van der Waals surface area contributed by atoms with Gasteiger partial charge in [-0.25, -0.2) is 0 Å². The molecule has 0 N–H and O–H groups in total. The number of rotatable bonds is 4. The SMILES string of the molecule is Cc1ccccc1N1C(=O)/C(=C/c2c(C)n(Cc3ccccc3)c3ccccc23)SC1=S. The molecule has 5 heteroatoms. The highest BCUT2D eigenvalue weighted by Crippen LogP contribution is 2.39. The normalized spacial score (nSPS) is 15.3. The summed E-state index contributed by atoms with van der Waals surface area (Å²) in [6.45, 7) is 4.90. The van der Waals surface area contributed by atoms with Gasteiger partial charge < -0.3 is 4.57 Å². The van der Waals surface area contributed by atoms with Gasteiger partial charge in [-0.1, -0.05) is 90.7 Å². The number of anilines is 1. The zero-order valence-electron chi connectivity index (χ0n) is 17.9. The van der Waals surface area contributed by atoms with Crippen LogP contribution in [0.15, 0.2) is 83.8 Å². The van der Waals surface area contributed by atoms with Crippen LogP contribution < -0.4 is 4.90 Å². The molecular weight excluding hydrogens is 432 g/mol. The zero-order valence-corrected chi connectivity index (χ0v) is 19.5. The molecule has 5 rings (SSSR count). The minimum absolute atomic E-state index is 0.0615. The van der Waals surface area contributed by atoms with Crippen LogP contribution in [-0.2, 0) is 11.3 Å². The lowest BCUT2D eigenvalue weighted by Crippen LogP contribution is -2.28. The molecule has 0 aliphatic carbocycles. The van der Waals surface area contributed by atoms with Gasteiger partial charge in [-0.05, 0) is 43.2 Å². The second kappa shape index (κ2) is 8.41. The van der Waals surface area contributed by atoms with Gasteiger partial charge in [-0.3, -0.25) is 9.69 Å². The van der Waals surface area contributed by atoms with E-state index in [1.165, 1.54) is 17.3 Å². The van der Waals surface area contributed by atoms with Crippen molar-refractivity contribution < 1.29 is 4.79 Å². The Labute approximate surface area is 197 Å². The van der Waals surface area contributed by atoms with Crippen molar-refractivity contribution >= 4 is 56.9 Å². The van der Waals surface area contributed by atoms with Crippen LogP contribution in [0.2, 0.25) is 0 Å². The molecule has 1 aromatic heterocycles. The smallest absolute Gasteiger partial charge is 0.270 e. The number of carbonyl (C=O) groups is 1. The number of fused-ring (bicyclic) bond motifs is 1. The number of thiocarbonyl (C=S) groups is 1. The van der Waals surface area contributed by atoms with Crippen LogP contribution in [0, 0.1) is 13.8 Å². The molecule has 158 valence electrons. The number of para-hydroxylation sites is 2. The minimum Gasteiger partial charge on any atom is -0.340 e. The van der Waals surface area contributed by atoms with Crippen molar-refractivity contribution in [2.45, 2.75) is 20.4 Å². The van der Waals surface area contributed by atoms with Gasteiger partial charge >= 0.3 is 0 Å². The molecule has 3 nitrogen and oxygen atoms in total. The molecule has 3 aromatic carbocycles. The summed E-state index contributed by atoms with van der Waals surface area (Å²) in [4.78, 5) is 15.7. The van der Waals surface area contributed by atoms with Gasteiger partial charge in [0.2, 0.25) is 0 Å². The Kier molecular flexibility index (Phi) is 5.45. The van der Waals surface area contributed by atoms with Crippen LogP contribution in [0.1, 0.15) is 22.4 Å². The highest BCUT2D eigenvalue weighted by molar-refractivity contribution is 8.27. The monoisotopic (exact) mass is 454 g/mol. The van der Waals surface area contributed by atoms with E-state index in [2.05, 4.69) is 54.0 Å². The van der Waals surface area contributed by atoms with Crippen LogP contribution >= 0.6 is 24.0 Å². The number of hydrogen-bond donors (Lipinski definition) is 0. The van der Waals surface area contributed by atoms with E-state index in [4.69, 9.17) is 12.2 Å². The maximum atomic E-state index is 13.4. The Morgan fingerprint density at radius 3 is 2.38 bits per heavy atom. The molecule has 1 aliphatic heterocycles. The second-order valence-electron chi connectivity index (χ2n) is 7.89. The third-order valence-electron chi connectivity index (χ3n) is 5.89. The van der Waals surface area contributed by atoms with E-state index in [9.17, 15) is 4.79 Å². The summed E-state index contributed by atoms with van der Waals surface area (Å²) in [6, 6.07) is 26.7. The van der Waals surface area contributed by atoms with Gasteiger partial charge in [0, 0.05) is 28.7 Å². The Bertz CT molecular complexity index is 1390. The van der Waals surface area contributed by atoms with E-state index >= 15 is 0 Å². The molecule has 0 radical (unpaired) electrons. The molecule has 0 bridgehead atoms. The van der Waals surface area contributed by atoms with Crippen LogP contribution in [0.4, 0.5) is 5.69 Å². The fraction of sp³-hybridized carbons (Fsp3) is 0.111. The molecule has 1 fully saturated rings. The average Bonchev–Trinajstić information content (AvgIpc) is 3.23. The maximum Gasteiger partial charge on any atom is 0.270 e. The number of thioether (sulfide) groups is 1. The second-order valence-corrected chi connectivity index (χ2v) is 9.57. The Morgan fingerprint density at radius 2 is 1.59 bits per heavy atom. The van der Waals surface area contributed by atoms with Crippen molar-refractivity contribution in [2.24, 2.45) is 0 Å². The maximum absolute atomic E-state index is 13.4. The summed E-state index contributed by atoms with van der Waals surface area (Å²) in [6.07, 6.45) is 2.01. The van der Waals surface area contributed by atoms with Gasteiger partial charge in [0.25, 0.3) is 5.91 Å². The molecule has 1 saturated heterocycles. The minimum atomic E-state index is -0.0615. The number of hydrogen-bond acceptors (Lipinski definition) is 3. The molecule has 0 unspecified atom stereocenters. The predicted molar refractivity (Wildman–Crippen MR) is 139 cm³/mol. The molecule has 0 saturated carbocycles. The van der Waals surface area contributed by atoms with Crippen molar-refractivity contribution in [1.29, 1.82) is 0 Å². The number of benzene rings is 3. The van der Waals surface area contributed by atoms with Crippen molar-refractivity contribution in [3.05, 3.63) is 106 Å². The van der Waals surface area contributed by atoms with E-state index in [0.717, 1.165) is 40.0 Å². The van der Waals surface area contributed by atoms with Gasteiger partial charge in [0.05, 0.1) is 10.6 Å². The lowest BCUT2D eigenvalue weighted by molar-refractivity contribution is -0.113.